The second-order valence-electron chi connectivity index (χ2n) is 9.44. The fraction of sp³-hybridized carbons (Fsp3) is 0.478. The second kappa shape index (κ2) is 8.58. The van der Waals surface area contributed by atoms with E-state index in [1.807, 2.05) is 25.7 Å². The van der Waals surface area contributed by atoms with Crippen LogP contribution in [0.3, 0.4) is 0 Å². The topological polar surface area (TPSA) is 124 Å². The van der Waals surface area contributed by atoms with E-state index in [-0.39, 0.29) is 16.7 Å². The summed E-state index contributed by atoms with van der Waals surface area (Å²) in [6, 6.07) is 3.71. The molecule has 4 heterocycles. The first kappa shape index (κ1) is 23.7. The number of piperazine rings is 1. The summed E-state index contributed by atoms with van der Waals surface area (Å²) in [5.74, 6) is 0.0445. The van der Waals surface area contributed by atoms with Crippen LogP contribution in [0.5, 0.6) is 0 Å². The van der Waals surface area contributed by atoms with Crippen LogP contribution in [0.2, 0.25) is 0 Å². The van der Waals surface area contributed by atoms with Crippen LogP contribution in [0.4, 0.5) is 5.69 Å². The van der Waals surface area contributed by atoms with Gasteiger partial charge in [-0.2, -0.15) is 9.98 Å². The number of nitriles is 1. The van der Waals surface area contributed by atoms with E-state index >= 15 is 0 Å². The maximum atomic E-state index is 13.3. The van der Waals surface area contributed by atoms with Crippen molar-refractivity contribution in [1.29, 1.82) is 5.26 Å². The van der Waals surface area contributed by atoms with E-state index in [9.17, 15) is 18.5 Å². The van der Waals surface area contributed by atoms with Crippen molar-refractivity contribution in [1.82, 2.24) is 24.0 Å². The predicted molar refractivity (Wildman–Crippen MR) is 133 cm³/mol. The molecule has 12 heteroatoms. The molecule has 10 nitrogen and oxygen atoms in total. The zero-order valence-electron chi connectivity index (χ0n) is 19.9. The molecule has 1 aliphatic heterocycles. The Labute approximate surface area is 208 Å². The molecule has 1 saturated heterocycles. The zero-order chi connectivity index (χ0) is 25.0. The van der Waals surface area contributed by atoms with Crippen LogP contribution < -0.4 is 9.62 Å². The highest BCUT2D eigenvalue weighted by molar-refractivity contribution is 7.89. The van der Waals surface area contributed by atoms with Crippen LogP contribution >= 0.6 is 11.3 Å². The monoisotopic (exact) mass is 513 g/mol. The van der Waals surface area contributed by atoms with Gasteiger partial charge in [0.2, 0.25) is 15.9 Å². The molecule has 0 bridgehead atoms. The minimum Gasteiger partial charge on any atom is -0.365 e. The first-order valence-corrected chi connectivity index (χ1v) is 13.9. The van der Waals surface area contributed by atoms with Gasteiger partial charge in [0.05, 0.1) is 18.0 Å². The molecule has 5 rings (SSSR count). The largest absolute Gasteiger partial charge is 0.365 e. The van der Waals surface area contributed by atoms with Gasteiger partial charge in [0.15, 0.2) is 5.65 Å². The van der Waals surface area contributed by atoms with Gasteiger partial charge in [0.1, 0.15) is 21.1 Å². The number of imidazole rings is 1. The van der Waals surface area contributed by atoms with E-state index in [0.717, 1.165) is 9.88 Å². The molecule has 0 atom stereocenters. The van der Waals surface area contributed by atoms with Gasteiger partial charge in [0, 0.05) is 49.4 Å². The van der Waals surface area contributed by atoms with E-state index in [0.29, 0.717) is 56.0 Å². The third kappa shape index (κ3) is 4.39. The normalized spacial score (nSPS) is 17.7. The number of thiazole rings is 1. The van der Waals surface area contributed by atoms with Crippen LogP contribution in [0, 0.1) is 24.2 Å². The molecule has 0 aromatic carbocycles. The van der Waals surface area contributed by atoms with Gasteiger partial charge >= 0.3 is 0 Å². The Kier molecular flexibility index (Phi) is 5.82. The lowest BCUT2D eigenvalue weighted by atomic mass is 10.1. The summed E-state index contributed by atoms with van der Waals surface area (Å²) in [6.07, 6.45) is 6.03. The lowest BCUT2D eigenvalue weighted by Gasteiger charge is -2.37. The standard InChI is InChI=1S/C23H27N7O3S2/c1-15(2)22(31)29-8-6-28(7-9-29)18-10-17(35(32,33)27-23(14-24)4-5-23)13-30-19(12-25-20(18)30)21-26-11-16(3)34-21/h10-13,15,27H,4-9H2,1-3H3. The summed E-state index contributed by atoms with van der Waals surface area (Å²) in [5.41, 5.74) is 0.968. The average Bonchev–Trinajstić information content (AvgIpc) is 3.25. The number of carbonyl (C=O) groups is 1. The molecule has 1 saturated carbocycles. The van der Waals surface area contributed by atoms with E-state index in [2.05, 4.69) is 25.7 Å². The molecule has 1 N–H and O–H groups in total. The highest BCUT2D eigenvalue weighted by Crippen LogP contribution is 2.37. The van der Waals surface area contributed by atoms with Crippen molar-refractivity contribution in [2.45, 2.75) is 44.0 Å². The van der Waals surface area contributed by atoms with Crippen molar-refractivity contribution in [3.05, 3.63) is 29.5 Å². The Hall–Kier alpha value is -3.01. The molecule has 35 heavy (non-hydrogen) atoms. The van der Waals surface area contributed by atoms with Crippen molar-refractivity contribution < 1.29 is 13.2 Å². The van der Waals surface area contributed by atoms with Crippen LogP contribution in [0.25, 0.3) is 16.3 Å². The molecule has 0 spiro atoms. The molecule has 3 aromatic heterocycles. The molecule has 184 valence electrons. The summed E-state index contributed by atoms with van der Waals surface area (Å²) in [6.45, 7) is 7.96. The van der Waals surface area contributed by atoms with E-state index in [1.54, 1.807) is 29.1 Å². The van der Waals surface area contributed by atoms with Crippen LogP contribution in [-0.4, -0.2) is 65.3 Å². The number of carbonyl (C=O) groups excluding carboxylic acids is 1. The Balaban J connectivity index is 1.57. The van der Waals surface area contributed by atoms with E-state index < -0.39 is 15.6 Å². The Morgan fingerprint density at radius 3 is 2.49 bits per heavy atom. The first-order valence-electron chi connectivity index (χ1n) is 11.6. The molecule has 0 radical (unpaired) electrons. The van der Waals surface area contributed by atoms with Crippen molar-refractivity contribution >= 4 is 38.6 Å². The van der Waals surface area contributed by atoms with E-state index in [1.165, 1.54) is 11.3 Å². The third-order valence-electron chi connectivity index (χ3n) is 6.43. The number of nitrogens with zero attached hydrogens (tertiary/aromatic N) is 6. The number of hydrogen-bond acceptors (Lipinski definition) is 8. The van der Waals surface area contributed by atoms with Gasteiger partial charge in [0.25, 0.3) is 0 Å². The van der Waals surface area contributed by atoms with Crippen molar-refractivity contribution in [2.24, 2.45) is 5.92 Å². The van der Waals surface area contributed by atoms with Crippen LogP contribution in [0.15, 0.2) is 29.6 Å². The quantitative estimate of drug-likeness (QED) is 0.537. The van der Waals surface area contributed by atoms with Crippen molar-refractivity contribution in [2.75, 3.05) is 31.1 Å². The number of aromatic nitrogens is 3. The van der Waals surface area contributed by atoms with Crippen molar-refractivity contribution in [3.8, 4) is 16.8 Å². The third-order valence-corrected chi connectivity index (χ3v) is 8.87. The molecule has 3 aromatic rings. The van der Waals surface area contributed by atoms with Crippen LogP contribution in [0.1, 0.15) is 31.6 Å². The minimum absolute atomic E-state index is 0.0646. The number of hydrogen-bond donors (Lipinski definition) is 1. The van der Waals surface area contributed by atoms with Crippen LogP contribution in [-0.2, 0) is 14.8 Å². The number of pyridine rings is 1. The smallest absolute Gasteiger partial charge is 0.243 e. The molecular weight excluding hydrogens is 486 g/mol. The molecule has 2 fully saturated rings. The number of nitrogens with one attached hydrogen (secondary N) is 1. The lowest BCUT2D eigenvalue weighted by molar-refractivity contribution is -0.134. The fourth-order valence-electron chi connectivity index (χ4n) is 4.27. The number of amides is 1. The minimum atomic E-state index is -3.96. The van der Waals surface area contributed by atoms with Crippen molar-refractivity contribution in [3.63, 3.8) is 0 Å². The first-order chi connectivity index (χ1) is 16.6. The number of fused-ring (bicyclic) bond motifs is 1. The van der Waals surface area contributed by atoms with Gasteiger partial charge in [-0.15, -0.1) is 11.3 Å². The Bertz CT molecular complexity index is 1440. The molecular formula is C23H27N7O3S2. The highest BCUT2D eigenvalue weighted by atomic mass is 32.2. The SMILES string of the molecule is Cc1cnc(-c2cnc3c(N4CCN(C(=O)C(C)C)CC4)cc(S(=O)(=O)NC4(C#N)CC4)cn23)s1. The summed E-state index contributed by atoms with van der Waals surface area (Å²) >= 11 is 1.51. The summed E-state index contributed by atoms with van der Waals surface area (Å²) < 4.78 is 31.0. The number of aryl methyl sites for hydroxylation is 1. The van der Waals surface area contributed by atoms with Gasteiger partial charge in [-0.3, -0.25) is 9.20 Å². The molecule has 1 amide bonds. The van der Waals surface area contributed by atoms with Gasteiger partial charge < -0.3 is 9.80 Å². The summed E-state index contributed by atoms with van der Waals surface area (Å²) in [7, 11) is -3.96. The van der Waals surface area contributed by atoms with Gasteiger partial charge in [-0.25, -0.2) is 18.4 Å². The van der Waals surface area contributed by atoms with E-state index in [4.69, 9.17) is 0 Å². The second-order valence-corrected chi connectivity index (χ2v) is 12.4. The zero-order valence-corrected chi connectivity index (χ0v) is 21.5. The summed E-state index contributed by atoms with van der Waals surface area (Å²) in [5, 5.41) is 10.2. The fourth-order valence-corrected chi connectivity index (χ4v) is 6.43. The molecule has 0 unspecified atom stereocenters. The number of anilines is 1. The number of sulfonamides is 1. The highest BCUT2D eigenvalue weighted by Gasteiger charge is 2.47. The van der Waals surface area contributed by atoms with Gasteiger partial charge in [-0.05, 0) is 25.8 Å². The summed E-state index contributed by atoms with van der Waals surface area (Å²) in [4.78, 5) is 26.5. The maximum absolute atomic E-state index is 13.3. The van der Waals surface area contributed by atoms with Gasteiger partial charge in [-0.1, -0.05) is 13.8 Å². The predicted octanol–water partition coefficient (Wildman–Crippen LogP) is 2.41. The maximum Gasteiger partial charge on any atom is 0.243 e. The number of rotatable bonds is 6. The lowest BCUT2D eigenvalue weighted by Crippen LogP contribution is -2.50. The average molecular weight is 514 g/mol. The molecule has 2 aliphatic rings. The molecule has 1 aliphatic carbocycles. The Morgan fingerprint density at radius 1 is 1.20 bits per heavy atom. The Morgan fingerprint density at radius 2 is 1.91 bits per heavy atom.